The summed E-state index contributed by atoms with van der Waals surface area (Å²) < 4.78 is 41.9. The predicted molar refractivity (Wildman–Crippen MR) is 68.7 cm³/mol. The van der Waals surface area contributed by atoms with Gasteiger partial charge in [0.1, 0.15) is 0 Å². The van der Waals surface area contributed by atoms with Crippen molar-refractivity contribution in [2.24, 2.45) is 5.92 Å². The lowest BCUT2D eigenvalue weighted by molar-refractivity contribution is -0.198. The van der Waals surface area contributed by atoms with E-state index in [1.807, 2.05) is 0 Å². The van der Waals surface area contributed by atoms with Gasteiger partial charge in [-0.05, 0) is 24.5 Å². The van der Waals surface area contributed by atoms with Crippen LogP contribution in [0.3, 0.4) is 0 Å². The third-order valence-electron chi connectivity index (χ3n) is 3.40. The summed E-state index contributed by atoms with van der Waals surface area (Å²) in [6, 6.07) is 2.50. The third-order valence-corrected chi connectivity index (χ3v) is 3.40. The highest BCUT2D eigenvalue weighted by Gasteiger charge is 2.48. The summed E-state index contributed by atoms with van der Waals surface area (Å²) in [6.07, 6.45) is -2.73. The Labute approximate surface area is 119 Å². The zero-order valence-corrected chi connectivity index (χ0v) is 11.4. The summed E-state index contributed by atoms with van der Waals surface area (Å²) in [6.45, 7) is 0.250. The fraction of sp³-hybridized carbons (Fsp3) is 0.538. The van der Waals surface area contributed by atoms with Gasteiger partial charge in [-0.2, -0.15) is 13.2 Å². The molecule has 1 saturated carbocycles. The minimum Gasteiger partial charge on any atom is -0.481 e. The van der Waals surface area contributed by atoms with Gasteiger partial charge in [-0.25, -0.2) is 9.78 Å². The van der Waals surface area contributed by atoms with E-state index in [2.05, 4.69) is 15.6 Å². The molecule has 0 aliphatic heterocycles. The van der Waals surface area contributed by atoms with E-state index in [4.69, 9.17) is 4.74 Å². The molecule has 0 unspecified atom stereocenters. The summed E-state index contributed by atoms with van der Waals surface area (Å²) in [7, 11) is 1.49. The first kappa shape index (κ1) is 15.4. The summed E-state index contributed by atoms with van der Waals surface area (Å²) in [5, 5.41) is 5.11. The van der Waals surface area contributed by atoms with E-state index in [1.165, 1.54) is 7.11 Å². The number of alkyl halides is 3. The van der Waals surface area contributed by atoms with Crippen LogP contribution in [-0.4, -0.2) is 30.3 Å². The number of pyridine rings is 1. The van der Waals surface area contributed by atoms with E-state index in [9.17, 15) is 18.0 Å². The van der Waals surface area contributed by atoms with E-state index in [0.29, 0.717) is 5.88 Å². The number of nitrogens with one attached hydrogen (secondary N) is 2. The molecular formula is C13H16F3N3O2. The number of halogens is 3. The average molecular weight is 303 g/mol. The van der Waals surface area contributed by atoms with Gasteiger partial charge in [-0.3, -0.25) is 0 Å². The number of carbonyl (C=O) groups is 1. The molecule has 1 aromatic rings. The number of ether oxygens (including phenoxy) is 1. The number of hydrogen-bond donors (Lipinski definition) is 2. The number of rotatable bonds is 4. The minimum absolute atomic E-state index is 0.0556. The van der Waals surface area contributed by atoms with Crippen molar-refractivity contribution >= 4 is 6.03 Å². The molecule has 2 amide bonds. The highest BCUT2D eigenvalue weighted by Crippen LogP contribution is 2.40. The van der Waals surface area contributed by atoms with Gasteiger partial charge >= 0.3 is 12.2 Å². The molecule has 0 saturated heterocycles. The highest BCUT2D eigenvalue weighted by molar-refractivity contribution is 5.74. The number of nitrogens with zero attached hydrogens (tertiary/aromatic N) is 1. The Morgan fingerprint density at radius 3 is 2.81 bits per heavy atom. The Bertz CT molecular complexity index is 502. The SMILES string of the molecule is COc1cc(CNC(=O)NC2CC(C(F)(F)F)C2)ccn1. The lowest BCUT2D eigenvalue weighted by Crippen LogP contribution is -2.51. The second kappa shape index (κ2) is 6.19. The van der Waals surface area contributed by atoms with Gasteiger partial charge in [-0.1, -0.05) is 0 Å². The van der Waals surface area contributed by atoms with E-state index < -0.39 is 24.2 Å². The van der Waals surface area contributed by atoms with Crippen molar-refractivity contribution in [2.75, 3.05) is 7.11 Å². The summed E-state index contributed by atoms with van der Waals surface area (Å²) in [5.41, 5.74) is 0.791. The second-order valence-corrected chi connectivity index (χ2v) is 4.94. The zero-order valence-electron chi connectivity index (χ0n) is 11.4. The largest absolute Gasteiger partial charge is 0.481 e. The molecule has 1 aliphatic carbocycles. The molecular weight excluding hydrogens is 287 g/mol. The van der Waals surface area contributed by atoms with E-state index in [0.717, 1.165) is 5.56 Å². The first-order chi connectivity index (χ1) is 9.88. The fourth-order valence-electron chi connectivity index (χ4n) is 2.09. The van der Waals surface area contributed by atoms with Gasteiger partial charge < -0.3 is 15.4 Å². The molecule has 5 nitrogen and oxygen atoms in total. The van der Waals surface area contributed by atoms with Crippen LogP contribution >= 0.6 is 0 Å². The highest BCUT2D eigenvalue weighted by atomic mass is 19.4. The monoisotopic (exact) mass is 303 g/mol. The molecule has 0 radical (unpaired) electrons. The zero-order chi connectivity index (χ0) is 15.5. The molecule has 2 rings (SSSR count). The average Bonchev–Trinajstić information content (AvgIpc) is 2.39. The van der Waals surface area contributed by atoms with Crippen molar-refractivity contribution < 1.29 is 22.7 Å². The molecule has 21 heavy (non-hydrogen) atoms. The number of aromatic nitrogens is 1. The Hall–Kier alpha value is -1.99. The molecule has 1 aliphatic rings. The number of carbonyl (C=O) groups excluding carboxylic acids is 1. The van der Waals surface area contributed by atoms with Crippen molar-refractivity contribution in [2.45, 2.75) is 31.6 Å². The van der Waals surface area contributed by atoms with Crippen LogP contribution in [0, 0.1) is 5.92 Å². The number of urea groups is 1. The molecule has 1 heterocycles. The molecule has 2 N–H and O–H groups in total. The van der Waals surface area contributed by atoms with Crippen LogP contribution in [0.15, 0.2) is 18.3 Å². The van der Waals surface area contributed by atoms with Crippen LogP contribution in [0.2, 0.25) is 0 Å². The van der Waals surface area contributed by atoms with Gasteiger partial charge in [0.2, 0.25) is 5.88 Å². The number of hydrogen-bond acceptors (Lipinski definition) is 3. The normalized spacial score (nSPS) is 21.3. The van der Waals surface area contributed by atoms with Crippen LogP contribution in [0.25, 0.3) is 0 Å². The number of methoxy groups -OCH3 is 1. The molecule has 0 aromatic carbocycles. The smallest absolute Gasteiger partial charge is 0.391 e. The maximum absolute atomic E-state index is 12.3. The fourth-order valence-corrected chi connectivity index (χ4v) is 2.09. The molecule has 0 spiro atoms. The summed E-state index contributed by atoms with van der Waals surface area (Å²) >= 11 is 0. The van der Waals surface area contributed by atoms with Crippen molar-refractivity contribution in [3.8, 4) is 5.88 Å². The quantitative estimate of drug-likeness (QED) is 0.896. The second-order valence-electron chi connectivity index (χ2n) is 4.94. The lowest BCUT2D eigenvalue weighted by atomic mass is 9.80. The maximum Gasteiger partial charge on any atom is 0.391 e. The van der Waals surface area contributed by atoms with Crippen molar-refractivity contribution in [3.63, 3.8) is 0 Å². The van der Waals surface area contributed by atoms with E-state index in [-0.39, 0.29) is 19.4 Å². The van der Waals surface area contributed by atoms with Crippen LogP contribution in [0.4, 0.5) is 18.0 Å². The van der Waals surface area contributed by atoms with Crippen molar-refractivity contribution in [3.05, 3.63) is 23.9 Å². The van der Waals surface area contributed by atoms with Crippen LogP contribution in [-0.2, 0) is 6.54 Å². The Balaban J connectivity index is 1.71. The molecule has 0 bridgehead atoms. The Morgan fingerprint density at radius 2 is 2.19 bits per heavy atom. The van der Waals surface area contributed by atoms with Crippen molar-refractivity contribution in [1.29, 1.82) is 0 Å². The van der Waals surface area contributed by atoms with E-state index >= 15 is 0 Å². The third kappa shape index (κ3) is 4.24. The molecule has 8 heteroatoms. The first-order valence-electron chi connectivity index (χ1n) is 6.48. The number of amides is 2. The van der Waals surface area contributed by atoms with Crippen LogP contribution < -0.4 is 15.4 Å². The Kier molecular flexibility index (Phi) is 4.54. The summed E-state index contributed by atoms with van der Waals surface area (Å²) in [4.78, 5) is 15.5. The van der Waals surface area contributed by atoms with Gasteiger partial charge in [0, 0.05) is 24.8 Å². The minimum atomic E-state index is -4.16. The summed E-state index contributed by atoms with van der Waals surface area (Å²) in [5.74, 6) is -0.867. The van der Waals surface area contributed by atoms with Gasteiger partial charge in [-0.15, -0.1) is 0 Å². The Morgan fingerprint density at radius 1 is 1.48 bits per heavy atom. The van der Waals surface area contributed by atoms with Gasteiger partial charge in [0.15, 0.2) is 0 Å². The predicted octanol–water partition coefficient (Wildman–Crippen LogP) is 2.23. The molecule has 1 fully saturated rings. The molecule has 116 valence electrons. The standard InChI is InChI=1S/C13H16F3N3O2/c1-21-11-4-8(2-3-17-11)7-18-12(20)19-10-5-9(6-10)13(14,15)16/h2-4,9-10H,5-7H2,1H3,(H2,18,19,20). The molecule has 0 atom stereocenters. The lowest BCUT2D eigenvalue weighted by Gasteiger charge is -2.36. The maximum atomic E-state index is 12.3. The van der Waals surface area contributed by atoms with Crippen LogP contribution in [0.5, 0.6) is 5.88 Å². The molecule has 1 aromatic heterocycles. The van der Waals surface area contributed by atoms with Crippen LogP contribution in [0.1, 0.15) is 18.4 Å². The first-order valence-corrected chi connectivity index (χ1v) is 6.48. The van der Waals surface area contributed by atoms with Crippen molar-refractivity contribution in [1.82, 2.24) is 15.6 Å². The van der Waals surface area contributed by atoms with E-state index in [1.54, 1.807) is 18.3 Å². The topological polar surface area (TPSA) is 63.2 Å². The van der Waals surface area contributed by atoms with Gasteiger partial charge in [0.25, 0.3) is 0 Å². The van der Waals surface area contributed by atoms with Gasteiger partial charge in [0.05, 0.1) is 13.0 Å².